The Morgan fingerprint density at radius 2 is 1.54 bits per heavy atom. The third kappa shape index (κ3) is 2.03. The molecule has 6 rings (SSSR count). The number of para-hydroxylation sites is 2. The summed E-state index contributed by atoms with van der Waals surface area (Å²) in [6, 6.07) is 29.1. The molecule has 3 aromatic rings. The summed E-state index contributed by atoms with van der Waals surface area (Å²) in [5.41, 5.74) is 7.28. The third-order valence-corrected chi connectivity index (χ3v) is 7.39. The maximum Gasteiger partial charge on any atom is 0.121 e. The standard InChI is InChI=1S/C26H26N2/c1-2-10-20(11-3-1)19-28-24-15-7-5-13-22(24)25-16-8-9-17-26(25,28)27-23-14-6-4-12-21(23)18-25/h1-7,10-15,27H,8-9,16-19H2/t25-,26+/m0/s1. The molecule has 0 radical (unpaired) electrons. The molecular weight excluding hydrogens is 340 g/mol. The number of benzene rings is 3. The van der Waals surface area contributed by atoms with E-state index in [0.717, 1.165) is 13.0 Å². The van der Waals surface area contributed by atoms with Gasteiger partial charge in [-0.05, 0) is 54.5 Å². The summed E-state index contributed by atoms with van der Waals surface area (Å²) in [6.45, 7) is 0.953. The largest absolute Gasteiger partial charge is 0.362 e. The molecule has 0 bridgehead atoms. The highest BCUT2D eigenvalue weighted by molar-refractivity contribution is 5.74. The number of hydrogen-bond donors (Lipinski definition) is 1. The topological polar surface area (TPSA) is 15.3 Å². The van der Waals surface area contributed by atoms with Gasteiger partial charge in [-0.2, -0.15) is 0 Å². The summed E-state index contributed by atoms with van der Waals surface area (Å²) >= 11 is 0. The Labute approximate surface area is 167 Å². The zero-order valence-corrected chi connectivity index (χ0v) is 16.2. The van der Waals surface area contributed by atoms with E-state index in [-0.39, 0.29) is 11.1 Å². The van der Waals surface area contributed by atoms with Crippen molar-refractivity contribution in [3.8, 4) is 0 Å². The number of nitrogens with zero attached hydrogens (tertiary/aromatic N) is 1. The van der Waals surface area contributed by atoms with Gasteiger partial charge < -0.3 is 10.2 Å². The van der Waals surface area contributed by atoms with Crippen LogP contribution in [0.5, 0.6) is 0 Å². The molecule has 140 valence electrons. The fourth-order valence-corrected chi connectivity index (χ4v) is 6.23. The van der Waals surface area contributed by atoms with Crippen LogP contribution >= 0.6 is 0 Å². The monoisotopic (exact) mass is 366 g/mol. The van der Waals surface area contributed by atoms with E-state index >= 15 is 0 Å². The van der Waals surface area contributed by atoms with Crippen molar-refractivity contribution in [2.75, 3.05) is 10.2 Å². The second-order valence-corrected chi connectivity index (χ2v) is 8.70. The summed E-state index contributed by atoms with van der Waals surface area (Å²) in [4.78, 5) is 2.70. The highest BCUT2D eigenvalue weighted by atomic mass is 15.4. The Balaban J connectivity index is 1.58. The molecule has 28 heavy (non-hydrogen) atoms. The Morgan fingerprint density at radius 1 is 0.786 bits per heavy atom. The summed E-state index contributed by atoms with van der Waals surface area (Å²) in [5.74, 6) is 0. The molecule has 2 heterocycles. The zero-order chi connectivity index (χ0) is 18.6. The van der Waals surface area contributed by atoms with Crippen molar-refractivity contribution < 1.29 is 0 Å². The fraction of sp³-hybridized carbons (Fsp3) is 0.308. The quantitative estimate of drug-likeness (QED) is 0.609. The molecule has 0 unspecified atom stereocenters. The Bertz CT molecular complexity index is 1030. The van der Waals surface area contributed by atoms with Gasteiger partial charge in [0.1, 0.15) is 5.66 Å². The van der Waals surface area contributed by atoms with Gasteiger partial charge in [0.15, 0.2) is 0 Å². The smallest absolute Gasteiger partial charge is 0.121 e. The molecule has 1 aliphatic carbocycles. The maximum atomic E-state index is 4.11. The van der Waals surface area contributed by atoms with Crippen LogP contribution in [0.3, 0.4) is 0 Å². The third-order valence-electron chi connectivity index (χ3n) is 7.39. The van der Waals surface area contributed by atoms with Gasteiger partial charge in [0.05, 0.1) is 0 Å². The Morgan fingerprint density at radius 3 is 2.46 bits per heavy atom. The van der Waals surface area contributed by atoms with Crippen LogP contribution in [0.2, 0.25) is 0 Å². The first kappa shape index (κ1) is 16.2. The van der Waals surface area contributed by atoms with E-state index in [9.17, 15) is 0 Å². The molecule has 1 fully saturated rings. The molecule has 0 saturated heterocycles. The van der Waals surface area contributed by atoms with Gasteiger partial charge in [0.25, 0.3) is 0 Å². The van der Waals surface area contributed by atoms with Crippen LogP contribution in [0.25, 0.3) is 0 Å². The van der Waals surface area contributed by atoms with Gasteiger partial charge in [-0.3, -0.25) is 0 Å². The van der Waals surface area contributed by atoms with Gasteiger partial charge in [-0.15, -0.1) is 0 Å². The molecule has 2 nitrogen and oxygen atoms in total. The molecule has 2 atom stereocenters. The number of rotatable bonds is 2. The van der Waals surface area contributed by atoms with Crippen LogP contribution < -0.4 is 10.2 Å². The van der Waals surface area contributed by atoms with Gasteiger partial charge in [0.2, 0.25) is 0 Å². The van der Waals surface area contributed by atoms with E-state index in [2.05, 4.69) is 89.1 Å². The van der Waals surface area contributed by atoms with E-state index in [1.54, 1.807) is 5.56 Å². The molecule has 0 aromatic heterocycles. The van der Waals surface area contributed by atoms with Crippen LogP contribution in [0.15, 0.2) is 78.9 Å². The van der Waals surface area contributed by atoms with Crippen molar-refractivity contribution in [3.63, 3.8) is 0 Å². The van der Waals surface area contributed by atoms with E-state index in [1.165, 1.54) is 48.2 Å². The molecule has 1 saturated carbocycles. The summed E-state index contributed by atoms with van der Waals surface area (Å²) in [5, 5.41) is 4.11. The molecule has 3 aromatic carbocycles. The minimum Gasteiger partial charge on any atom is -0.362 e. The second kappa shape index (κ2) is 5.88. The minimum absolute atomic E-state index is 0.0286. The average molecular weight is 367 g/mol. The van der Waals surface area contributed by atoms with Crippen LogP contribution in [-0.4, -0.2) is 5.66 Å². The highest BCUT2D eigenvalue weighted by Gasteiger charge is 2.64. The normalized spacial score (nSPS) is 27.2. The fourth-order valence-electron chi connectivity index (χ4n) is 6.23. The van der Waals surface area contributed by atoms with Crippen LogP contribution in [0, 0.1) is 0 Å². The van der Waals surface area contributed by atoms with Gasteiger partial charge in [0, 0.05) is 23.3 Å². The van der Waals surface area contributed by atoms with Crippen LogP contribution in [0.1, 0.15) is 42.4 Å². The number of nitrogens with one attached hydrogen (secondary N) is 1. The predicted molar refractivity (Wildman–Crippen MR) is 116 cm³/mol. The Kier molecular flexibility index (Phi) is 3.41. The van der Waals surface area contributed by atoms with Gasteiger partial charge >= 0.3 is 0 Å². The predicted octanol–water partition coefficient (Wildman–Crippen LogP) is 5.88. The van der Waals surface area contributed by atoms with Crippen molar-refractivity contribution in [2.45, 2.75) is 49.7 Å². The SMILES string of the molecule is c1ccc(CN2c3ccccc3[C@@]34CCCC[C@@]23Nc2ccccc2C4)cc1. The zero-order valence-electron chi connectivity index (χ0n) is 16.2. The summed E-state index contributed by atoms with van der Waals surface area (Å²) in [7, 11) is 0. The number of anilines is 2. The van der Waals surface area contributed by atoms with Crippen LogP contribution in [-0.2, 0) is 18.4 Å². The molecule has 2 heteroatoms. The van der Waals surface area contributed by atoms with Gasteiger partial charge in [-0.1, -0.05) is 73.2 Å². The van der Waals surface area contributed by atoms with Gasteiger partial charge in [-0.25, -0.2) is 0 Å². The lowest BCUT2D eigenvalue weighted by atomic mass is 9.59. The van der Waals surface area contributed by atoms with E-state index in [4.69, 9.17) is 0 Å². The van der Waals surface area contributed by atoms with E-state index in [0.29, 0.717) is 0 Å². The molecule has 3 aliphatic rings. The lowest BCUT2D eigenvalue weighted by Crippen LogP contribution is -2.67. The van der Waals surface area contributed by atoms with Crippen molar-refractivity contribution in [1.29, 1.82) is 0 Å². The first-order valence-corrected chi connectivity index (χ1v) is 10.6. The first-order valence-electron chi connectivity index (χ1n) is 10.6. The summed E-state index contributed by atoms with van der Waals surface area (Å²) < 4.78 is 0. The van der Waals surface area contributed by atoms with Crippen molar-refractivity contribution in [1.82, 2.24) is 0 Å². The van der Waals surface area contributed by atoms with Crippen molar-refractivity contribution >= 4 is 11.4 Å². The molecule has 0 amide bonds. The lowest BCUT2D eigenvalue weighted by Gasteiger charge is -2.57. The van der Waals surface area contributed by atoms with E-state index < -0.39 is 0 Å². The maximum absolute atomic E-state index is 4.11. The first-order chi connectivity index (χ1) is 13.8. The summed E-state index contributed by atoms with van der Waals surface area (Å²) in [6.07, 6.45) is 6.20. The average Bonchev–Trinajstić information content (AvgIpc) is 2.99. The molecule has 0 spiro atoms. The molecule has 1 N–H and O–H groups in total. The molecular formula is C26H26N2. The van der Waals surface area contributed by atoms with Crippen molar-refractivity contribution in [2.24, 2.45) is 0 Å². The lowest BCUT2D eigenvalue weighted by molar-refractivity contribution is 0.164. The minimum atomic E-state index is -0.0286. The Hall–Kier alpha value is -2.74. The van der Waals surface area contributed by atoms with Crippen LogP contribution in [0.4, 0.5) is 11.4 Å². The number of fused-ring (bicyclic) bond motifs is 2. The molecule has 2 aliphatic heterocycles. The number of hydrogen-bond acceptors (Lipinski definition) is 2. The van der Waals surface area contributed by atoms with Crippen molar-refractivity contribution in [3.05, 3.63) is 95.6 Å². The van der Waals surface area contributed by atoms with E-state index in [1.807, 2.05) is 0 Å². The highest BCUT2D eigenvalue weighted by Crippen LogP contribution is 2.62. The second-order valence-electron chi connectivity index (χ2n) is 8.70.